The molecule has 7 nitrogen and oxygen atoms in total. The molecular formula is C19H23N3O4. The van der Waals surface area contributed by atoms with Gasteiger partial charge in [-0.2, -0.15) is 0 Å². The van der Waals surface area contributed by atoms with E-state index in [0.29, 0.717) is 5.75 Å². The molecule has 0 aromatic heterocycles. The molecule has 1 aromatic rings. The molecule has 0 spiro atoms. The fourth-order valence-electron chi connectivity index (χ4n) is 3.29. The molecule has 1 aliphatic heterocycles. The summed E-state index contributed by atoms with van der Waals surface area (Å²) in [4.78, 5) is 42.3. The lowest BCUT2D eigenvalue weighted by molar-refractivity contribution is -0.141. The van der Waals surface area contributed by atoms with Crippen molar-refractivity contribution in [2.45, 2.75) is 31.7 Å². The zero-order valence-corrected chi connectivity index (χ0v) is 14.9. The molecule has 0 unspecified atom stereocenters. The molecule has 4 rings (SSSR count). The first-order chi connectivity index (χ1) is 12.6. The highest BCUT2D eigenvalue weighted by Gasteiger charge is 2.42. The standard InChI is InChI=1S/C19H23N3O4/c1-26-16-8-6-15(7-9-16)22-12-20(10-18(22)24)17(23)11-21(14-4-5-14)19(25)13-2-3-13/h6-9,13-14H,2-5,10-12H2,1H3. The largest absolute Gasteiger partial charge is 0.497 e. The maximum Gasteiger partial charge on any atom is 0.248 e. The third-order valence-corrected chi connectivity index (χ3v) is 5.18. The minimum absolute atomic E-state index is 0.0565. The molecule has 7 heteroatoms. The van der Waals surface area contributed by atoms with E-state index in [4.69, 9.17) is 4.74 Å². The second kappa shape index (κ2) is 6.63. The summed E-state index contributed by atoms with van der Waals surface area (Å²) in [5.74, 6) is 0.662. The average Bonchev–Trinajstić information content (AvgIpc) is 3.56. The Morgan fingerprint density at radius 3 is 2.42 bits per heavy atom. The Balaban J connectivity index is 1.40. The number of rotatable bonds is 6. The number of nitrogens with zero attached hydrogens (tertiary/aromatic N) is 3. The number of carbonyl (C=O) groups excluding carboxylic acids is 3. The third-order valence-electron chi connectivity index (χ3n) is 5.18. The van der Waals surface area contributed by atoms with Crippen LogP contribution in [0.4, 0.5) is 5.69 Å². The highest BCUT2D eigenvalue weighted by atomic mass is 16.5. The van der Waals surface area contributed by atoms with Gasteiger partial charge in [0, 0.05) is 17.6 Å². The van der Waals surface area contributed by atoms with Crippen LogP contribution in [0.3, 0.4) is 0 Å². The number of hydrogen-bond acceptors (Lipinski definition) is 4. The molecule has 2 aliphatic carbocycles. The first-order valence-corrected chi connectivity index (χ1v) is 9.09. The Morgan fingerprint density at radius 1 is 1.15 bits per heavy atom. The second-order valence-electron chi connectivity index (χ2n) is 7.22. The Labute approximate surface area is 152 Å². The summed E-state index contributed by atoms with van der Waals surface area (Å²) in [6, 6.07) is 7.39. The van der Waals surface area contributed by atoms with Gasteiger partial charge in [0.25, 0.3) is 0 Å². The molecule has 1 aromatic carbocycles. The van der Waals surface area contributed by atoms with Crippen molar-refractivity contribution in [3.8, 4) is 5.75 Å². The summed E-state index contributed by atoms with van der Waals surface area (Å²) >= 11 is 0. The van der Waals surface area contributed by atoms with Crippen molar-refractivity contribution in [3.63, 3.8) is 0 Å². The number of carbonyl (C=O) groups is 3. The van der Waals surface area contributed by atoms with Crippen LogP contribution in [0.25, 0.3) is 0 Å². The lowest BCUT2D eigenvalue weighted by Crippen LogP contribution is -2.44. The first kappa shape index (κ1) is 16.9. The van der Waals surface area contributed by atoms with Crippen molar-refractivity contribution in [3.05, 3.63) is 24.3 Å². The molecule has 3 aliphatic rings. The van der Waals surface area contributed by atoms with Gasteiger partial charge in [0.15, 0.2) is 0 Å². The first-order valence-electron chi connectivity index (χ1n) is 9.09. The van der Waals surface area contributed by atoms with Gasteiger partial charge in [-0.3, -0.25) is 19.3 Å². The number of anilines is 1. The van der Waals surface area contributed by atoms with Crippen LogP contribution in [-0.4, -0.2) is 60.4 Å². The number of benzene rings is 1. The van der Waals surface area contributed by atoms with E-state index in [9.17, 15) is 14.4 Å². The van der Waals surface area contributed by atoms with Gasteiger partial charge >= 0.3 is 0 Å². The summed E-state index contributed by atoms with van der Waals surface area (Å²) in [5.41, 5.74) is 0.735. The van der Waals surface area contributed by atoms with Crippen molar-refractivity contribution in [1.29, 1.82) is 0 Å². The number of amides is 3. The summed E-state index contributed by atoms with van der Waals surface area (Å²) in [6.45, 7) is 0.366. The van der Waals surface area contributed by atoms with Crippen LogP contribution >= 0.6 is 0 Å². The second-order valence-corrected chi connectivity index (χ2v) is 7.22. The van der Waals surface area contributed by atoms with Crippen molar-refractivity contribution in [1.82, 2.24) is 9.80 Å². The van der Waals surface area contributed by atoms with Crippen molar-refractivity contribution in [2.75, 3.05) is 31.8 Å². The zero-order valence-electron chi connectivity index (χ0n) is 14.9. The fourth-order valence-corrected chi connectivity index (χ4v) is 3.29. The maximum atomic E-state index is 12.7. The van der Waals surface area contributed by atoms with Gasteiger partial charge in [0.2, 0.25) is 17.7 Å². The summed E-state index contributed by atoms with van der Waals surface area (Å²) in [5, 5.41) is 0. The Hall–Kier alpha value is -2.57. The minimum atomic E-state index is -0.157. The van der Waals surface area contributed by atoms with Gasteiger partial charge < -0.3 is 14.5 Å². The number of hydrogen-bond donors (Lipinski definition) is 0. The molecule has 0 bridgehead atoms. The molecule has 1 heterocycles. The van der Waals surface area contributed by atoms with Crippen molar-refractivity contribution < 1.29 is 19.1 Å². The average molecular weight is 357 g/mol. The van der Waals surface area contributed by atoms with Crippen LogP contribution in [-0.2, 0) is 14.4 Å². The van der Waals surface area contributed by atoms with Gasteiger partial charge in [-0.25, -0.2) is 0 Å². The van der Waals surface area contributed by atoms with Gasteiger partial charge in [0.1, 0.15) is 25.5 Å². The monoisotopic (exact) mass is 357 g/mol. The van der Waals surface area contributed by atoms with E-state index >= 15 is 0 Å². The van der Waals surface area contributed by atoms with Gasteiger partial charge in [-0.15, -0.1) is 0 Å². The van der Waals surface area contributed by atoms with Crippen molar-refractivity contribution in [2.24, 2.45) is 5.92 Å². The predicted molar refractivity (Wildman–Crippen MR) is 94.5 cm³/mol. The lowest BCUT2D eigenvalue weighted by atomic mass is 10.3. The summed E-state index contributed by atoms with van der Waals surface area (Å²) in [7, 11) is 1.59. The van der Waals surface area contributed by atoms with Crippen LogP contribution in [0.15, 0.2) is 24.3 Å². The Morgan fingerprint density at radius 2 is 1.85 bits per heavy atom. The lowest BCUT2D eigenvalue weighted by Gasteiger charge is -2.25. The van der Waals surface area contributed by atoms with Gasteiger partial charge in [-0.1, -0.05) is 0 Å². The molecule has 138 valence electrons. The molecule has 2 saturated carbocycles. The normalized spacial score (nSPS) is 19.7. The van der Waals surface area contributed by atoms with E-state index in [2.05, 4.69) is 0 Å². The molecule has 26 heavy (non-hydrogen) atoms. The maximum absolute atomic E-state index is 12.7. The van der Waals surface area contributed by atoms with E-state index in [1.54, 1.807) is 41.2 Å². The SMILES string of the molecule is COc1ccc(N2CN(C(=O)CN(C(=O)C3CC3)C3CC3)CC2=O)cc1. The highest BCUT2D eigenvalue weighted by molar-refractivity contribution is 6.00. The van der Waals surface area contributed by atoms with Crippen LogP contribution in [0.1, 0.15) is 25.7 Å². The zero-order chi connectivity index (χ0) is 18.3. The van der Waals surface area contributed by atoms with E-state index in [0.717, 1.165) is 31.4 Å². The molecule has 0 N–H and O–H groups in total. The van der Waals surface area contributed by atoms with E-state index < -0.39 is 0 Å². The van der Waals surface area contributed by atoms with E-state index in [-0.39, 0.29) is 49.4 Å². The van der Waals surface area contributed by atoms with Crippen LogP contribution in [0.2, 0.25) is 0 Å². The quantitative estimate of drug-likeness (QED) is 0.768. The van der Waals surface area contributed by atoms with Gasteiger partial charge in [-0.05, 0) is 49.9 Å². The molecule has 0 radical (unpaired) electrons. The smallest absolute Gasteiger partial charge is 0.248 e. The van der Waals surface area contributed by atoms with Crippen LogP contribution in [0.5, 0.6) is 5.75 Å². The minimum Gasteiger partial charge on any atom is -0.497 e. The fraction of sp³-hybridized carbons (Fsp3) is 0.526. The number of methoxy groups -OCH3 is 1. The molecule has 3 fully saturated rings. The third kappa shape index (κ3) is 3.38. The molecule has 3 amide bonds. The Kier molecular flexibility index (Phi) is 4.30. The molecular weight excluding hydrogens is 334 g/mol. The summed E-state index contributed by atoms with van der Waals surface area (Å²) < 4.78 is 5.13. The number of ether oxygens (including phenoxy) is 1. The topological polar surface area (TPSA) is 70.2 Å². The van der Waals surface area contributed by atoms with Crippen molar-refractivity contribution >= 4 is 23.4 Å². The Bertz CT molecular complexity index is 725. The highest BCUT2D eigenvalue weighted by Crippen LogP contribution is 2.36. The molecule has 0 atom stereocenters. The van der Waals surface area contributed by atoms with E-state index in [1.165, 1.54) is 4.90 Å². The van der Waals surface area contributed by atoms with Gasteiger partial charge in [0.05, 0.1) is 7.11 Å². The molecule has 1 saturated heterocycles. The van der Waals surface area contributed by atoms with E-state index in [1.807, 2.05) is 0 Å². The predicted octanol–water partition coefficient (Wildman–Crippen LogP) is 1.23. The summed E-state index contributed by atoms with van der Waals surface area (Å²) in [6.07, 6.45) is 3.82. The van der Waals surface area contributed by atoms with Crippen LogP contribution < -0.4 is 9.64 Å². The van der Waals surface area contributed by atoms with Crippen LogP contribution in [0, 0.1) is 5.92 Å².